The normalized spacial score (nSPS) is 19.4. The fraction of sp³-hybridized carbons (Fsp3) is 0.500. The Morgan fingerprint density at radius 3 is 3.00 bits per heavy atom. The zero-order chi connectivity index (χ0) is 13.8. The second-order valence-corrected chi connectivity index (χ2v) is 5.23. The van der Waals surface area contributed by atoms with Crippen molar-refractivity contribution < 1.29 is 9.90 Å². The minimum absolute atomic E-state index is 0.0644. The van der Waals surface area contributed by atoms with Gasteiger partial charge in [0.25, 0.3) is 0 Å². The van der Waals surface area contributed by atoms with E-state index in [0.717, 1.165) is 26.1 Å². The number of amides is 1. The maximum atomic E-state index is 10.6. The maximum Gasteiger partial charge on any atom is 0.404 e. The van der Waals surface area contributed by atoms with E-state index in [1.54, 1.807) is 0 Å². The molecule has 0 radical (unpaired) electrons. The lowest BCUT2D eigenvalue weighted by atomic mass is 10.2. The van der Waals surface area contributed by atoms with Crippen molar-refractivity contribution >= 4 is 11.8 Å². The van der Waals surface area contributed by atoms with E-state index < -0.39 is 6.09 Å². The highest BCUT2D eigenvalue weighted by atomic mass is 16.4. The fourth-order valence-corrected chi connectivity index (χ4v) is 2.46. The minimum atomic E-state index is -0.929. The Hall–Kier alpha value is -1.75. The van der Waals surface area contributed by atoms with Gasteiger partial charge in [0, 0.05) is 45.5 Å². The summed E-state index contributed by atoms with van der Waals surface area (Å²) in [7, 11) is 4.06. The summed E-state index contributed by atoms with van der Waals surface area (Å²) in [5.74, 6) is 0. The molecule has 0 aromatic heterocycles. The van der Waals surface area contributed by atoms with Gasteiger partial charge in [-0.05, 0) is 24.1 Å². The molecule has 1 atom stereocenters. The molecule has 19 heavy (non-hydrogen) atoms. The molecular formula is C14H21N3O2. The molecule has 0 bridgehead atoms. The minimum Gasteiger partial charge on any atom is -0.465 e. The van der Waals surface area contributed by atoms with Crippen LogP contribution in [0.2, 0.25) is 0 Å². The van der Waals surface area contributed by atoms with Crippen LogP contribution in [0.4, 0.5) is 10.5 Å². The van der Waals surface area contributed by atoms with E-state index in [4.69, 9.17) is 5.11 Å². The van der Waals surface area contributed by atoms with Gasteiger partial charge < -0.3 is 15.3 Å². The zero-order valence-electron chi connectivity index (χ0n) is 11.5. The van der Waals surface area contributed by atoms with Crippen LogP contribution in [0.3, 0.4) is 0 Å². The van der Waals surface area contributed by atoms with E-state index in [1.807, 2.05) is 14.1 Å². The van der Waals surface area contributed by atoms with Gasteiger partial charge in [-0.1, -0.05) is 12.1 Å². The first kappa shape index (κ1) is 13.7. The van der Waals surface area contributed by atoms with Crippen molar-refractivity contribution in [2.75, 3.05) is 32.1 Å². The average molecular weight is 263 g/mol. The number of carboxylic acid groups (broad SMARTS) is 1. The summed E-state index contributed by atoms with van der Waals surface area (Å²) in [5, 5.41) is 11.3. The van der Waals surface area contributed by atoms with Gasteiger partial charge in [-0.2, -0.15) is 0 Å². The molecule has 0 spiro atoms. The van der Waals surface area contributed by atoms with E-state index in [0.29, 0.717) is 0 Å². The van der Waals surface area contributed by atoms with Crippen LogP contribution in [-0.2, 0) is 6.54 Å². The Morgan fingerprint density at radius 1 is 1.53 bits per heavy atom. The van der Waals surface area contributed by atoms with Gasteiger partial charge >= 0.3 is 6.09 Å². The maximum absolute atomic E-state index is 10.6. The van der Waals surface area contributed by atoms with E-state index in [1.165, 1.54) is 11.3 Å². The quantitative estimate of drug-likeness (QED) is 0.866. The number of anilines is 1. The summed E-state index contributed by atoms with van der Waals surface area (Å²) in [6.45, 7) is 2.61. The molecule has 0 saturated carbocycles. The lowest BCUT2D eigenvalue weighted by Gasteiger charge is -2.18. The van der Waals surface area contributed by atoms with Gasteiger partial charge in [0.2, 0.25) is 0 Å². The number of nitrogens with one attached hydrogen (secondary N) is 1. The Bertz CT molecular complexity index is 448. The second kappa shape index (κ2) is 5.93. The largest absolute Gasteiger partial charge is 0.465 e. The number of hydrogen-bond donors (Lipinski definition) is 2. The molecule has 1 aliphatic rings. The molecule has 1 amide bonds. The Morgan fingerprint density at radius 2 is 2.32 bits per heavy atom. The molecule has 0 unspecified atom stereocenters. The van der Waals surface area contributed by atoms with Crippen LogP contribution in [-0.4, -0.2) is 49.3 Å². The number of hydrogen-bond acceptors (Lipinski definition) is 3. The van der Waals surface area contributed by atoms with Crippen molar-refractivity contribution in [1.82, 2.24) is 10.2 Å². The number of nitrogens with zero attached hydrogens (tertiary/aromatic N) is 2. The molecule has 1 aliphatic heterocycles. The van der Waals surface area contributed by atoms with Gasteiger partial charge in [0.15, 0.2) is 0 Å². The summed E-state index contributed by atoms with van der Waals surface area (Å²) in [6, 6.07) is 8.51. The highest BCUT2D eigenvalue weighted by Gasteiger charge is 2.23. The van der Waals surface area contributed by atoms with E-state index in [2.05, 4.69) is 39.4 Å². The summed E-state index contributed by atoms with van der Waals surface area (Å²) >= 11 is 0. The molecule has 1 aromatic rings. The molecule has 1 saturated heterocycles. The number of likely N-dealkylation sites (tertiary alicyclic amines) is 1. The van der Waals surface area contributed by atoms with Gasteiger partial charge in [-0.15, -0.1) is 0 Å². The number of rotatable bonds is 4. The van der Waals surface area contributed by atoms with Crippen molar-refractivity contribution in [3.05, 3.63) is 29.8 Å². The Labute approximate surface area is 113 Å². The first-order valence-corrected chi connectivity index (χ1v) is 6.52. The molecule has 0 aliphatic carbocycles. The smallest absolute Gasteiger partial charge is 0.404 e. The van der Waals surface area contributed by atoms with Crippen LogP contribution in [0.1, 0.15) is 12.0 Å². The topological polar surface area (TPSA) is 55.8 Å². The van der Waals surface area contributed by atoms with E-state index in [-0.39, 0.29) is 6.04 Å². The number of benzene rings is 1. The first-order valence-electron chi connectivity index (χ1n) is 6.52. The van der Waals surface area contributed by atoms with Gasteiger partial charge in [-0.25, -0.2) is 4.79 Å². The van der Waals surface area contributed by atoms with Crippen molar-refractivity contribution in [2.24, 2.45) is 0 Å². The van der Waals surface area contributed by atoms with Crippen LogP contribution in [0.15, 0.2) is 24.3 Å². The van der Waals surface area contributed by atoms with Gasteiger partial charge in [0.05, 0.1) is 0 Å². The highest BCUT2D eigenvalue weighted by Crippen LogP contribution is 2.17. The molecule has 2 rings (SSSR count). The third-order valence-corrected chi connectivity index (χ3v) is 3.43. The summed E-state index contributed by atoms with van der Waals surface area (Å²) < 4.78 is 0. The fourth-order valence-electron chi connectivity index (χ4n) is 2.46. The third-order valence-electron chi connectivity index (χ3n) is 3.43. The third kappa shape index (κ3) is 3.86. The van der Waals surface area contributed by atoms with Gasteiger partial charge in [0.1, 0.15) is 0 Å². The first-order chi connectivity index (χ1) is 9.04. The molecule has 104 valence electrons. The molecule has 5 heteroatoms. The van der Waals surface area contributed by atoms with Crippen molar-refractivity contribution in [3.8, 4) is 0 Å². The predicted octanol–water partition coefficient (Wildman–Crippen LogP) is 1.59. The Balaban J connectivity index is 1.92. The average Bonchev–Trinajstić information content (AvgIpc) is 2.76. The number of carbonyl (C=O) groups is 1. The Kier molecular flexibility index (Phi) is 4.27. The summed E-state index contributed by atoms with van der Waals surface area (Å²) in [6.07, 6.45) is -0.0406. The van der Waals surface area contributed by atoms with Crippen LogP contribution < -0.4 is 10.2 Å². The molecule has 5 nitrogen and oxygen atoms in total. The van der Waals surface area contributed by atoms with Crippen molar-refractivity contribution in [3.63, 3.8) is 0 Å². The second-order valence-electron chi connectivity index (χ2n) is 5.23. The monoisotopic (exact) mass is 263 g/mol. The molecule has 1 aromatic carbocycles. The van der Waals surface area contributed by atoms with Crippen LogP contribution in [0.25, 0.3) is 0 Å². The lowest BCUT2D eigenvalue weighted by molar-refractivity contribution is 0.189. The van der Waals surface area contributed by atoms with Crippen molar-refractivity contribution in [2.45, 2.75) is 19.0 Å². The predicted molar refractivity (Wildman–Crippen MR) is 75.6 cm³/mol. The molecular weight excluding hydrogens is 242 g/mol. The van der Waals surface area contributed by atoms with Crippen LogP contribution in [0.5, 0.6) is 0 Å². The summed E-state index contributed by atoms with van der Waals surface area (Å²) in [4.78, 5) is 15.0. The standard InChI is InChI=1S/C14H21N3O2/c1-16(2)13-5-3-4-11(8-13)9-17-7-6-12(10-17)15-14(18)19/h3-5,8,12,15H,6-7,9-10H2,1-2H3,(H,18,19)/t12-/m1/s1. The van der Waals surface area contributed by atoms with Crippen LogP contribution >= 0.6 is 0 Å². The zero-order valence-corrected chi connectivity index (χ0v) is 11.5. The molecule has 1 heterocycles. The SMILES string of the molecule is CN(C)c1cccc(CN2CC[C@@H](NC(=O)O)C2)c1. The molecule has 2 N–H and O–H groups in total. The highest BCUT2D eigenvalue weighted by molar-refractivity contribution is 5.64. The summed E-state index contributed by atoms with van der Waals surface area (Å²) in [5.41, 5.74) is 2.46. The van der Waals surface area contributed by atoms with E-state index in [9.17, 15) is 4.79 Å². The lowest BCUT2D eigenvalue weighted by Crippen LogP contribution is -2.35. The molecule has 1 fully saturated rings. The van der Waals surface area contributed by atoms with Gasteiger partial charge in [-0.3, -0.25) is 4.90 Å². The van der Waals surface area contributed by atoms with Crippen LogP contribution in [0, 0.1) is 0 Å². The van der Waals surface area contributed by atoms with E-state index >= 15 is 0 Å². The van der Waals surface area contributed by atoms with Crippen molar-refractivity contribution in [1.29, 1.82) is 0 Å².